The summed E-state index contributed by atoms with van der Waals surface area (Å²) in [5.41, 5.74) is 2.48. The lowest BCUT2D eigenvalue weighted by molar-refractivity contribution is 0.197. The van der Waals surface area contributed by atoms with E-state index in [9.17, 15) is 0 Å². The molecule has 0 radical (unpaired) electrons. The van der Waals surface area contributed by atoms with Crippen molar-refractivity contribution in [2.75, 3.05) is 45.2 Å². The molecule has 0 unspecified atom stereocenters. The van der Waals surface area contributed by atoms with E-state index >= 15 is 0 Å². The van der Waals surface area contributed by atoms with Crippen LogP contribution in [0.5, 0.6) is 11.5 Å². The first-order chi connectivity index (χ1) is 16.7. The van der Waals surface area contributed by atoms with E-state index in [0.717, 1.165) is 56.9 Å². The number of thiophene rings is 1. The first-order valence-corrected chi connectivity index (χ1v) is 13.2. The van der Waals surface area contributed by atoms with E-state index in [1.807, 2.05) is 0 Å². The van der Waals surface area contributed by atoms with Crippen LogP contribution < -0.4 is 25.0 Å². The summed E-state index contributed by atoms with van der Waals surface area (Å²) in [6.45, 7) is 5.99. The van der Waals surface area contributed by atoms with E-state index in [0.29, 0.717) is 0 Å². The van der Waals surface area contributed by atoms with Gasteiger partial charge in [0.05, 0.1) is 12.8 Å². The smallest absolute Gasteiger partial charge is 0.143 e. The molecule has 4 rings (SSSR count). The second-order valence-corrected chi connectivity index (χ2v) is 9.76. The van der Waals surface area contributed by atoms with Gasteiger partial charge < -0.3 is 25.0 Å². The zero-order chi connectivity index (χ0) is 23.8. The molecule has 34 heavy (non-hydrogen) atoms. The van der Waals surface area contributed by atoms with Crippen LogP contribution >= 0.6 is 11.3 Å². The quantitative estimate of drug-likeness (QED) is 0.351. The highest BCUT2D eigenvalue weighted by Crippen LogP contribution is 2.39. The van der Waals surface area contributed by atoms with Gasteiger partial charge in [0.2, 0.25) is 0 Å². The van der Waals surface area contributed by atoms with Crippen molar-refractivity contribution in [3.63, 3.8) is 0 Å². The number of nitrogens with one attached hydrogen (secondary N) is 2. The number of anilines is 1. The maximum absolute atomic E-state index is 6.68. The van der Waals surface area contributed by atoms with Gasteiger partial charge in [-0.1, -0.05) is 37.3 Å². The summed E-state index contributed by atoms with van der Waals surface area (Å²) in [7, 11) is 3.79. The molecule has 0 aliphatic carbocycles. The van der Waals surface area contributed by atoms with Gasteiger partial charge in [-0.15, -0.1) is 11.3 Å². The van der Waals surface area contributed by atoms with Crippen LogP contribution in [0.3, 0.4) is 0 Å². The van der Waals surface area contributed by atoms with Gasteiger partial charge in [-0.3, -0.25) is 0 Å². The lowest BCUT2D eigenvalue weighted by Gasteiger charge is -2.43. The molecule has 2 heterocycles. The fourth-order valence-electron chi connectivity index (χ4n) is 4.84. The summed E-state index contributed by atoms with van der Waals surface area (Å²) in [5.74, 6) is 1.87. The average molecular weight is 480 g/mol. The van der Waals surface area contributed by atoms with E-state index in [1.165, 1.54) is 16.1 Å². The Labute approximate surface area is 208 Å². The summed E-state index contributed by atoms with van der Waals surface area (Å²) in [6.07, 6.45) is 3.06. The molecular formula is C28H37N3O2S. The number of hydrogen-bond acceptors (Lipinski definition) is 6. The van der Waals surface area contributed by atoms with Crippen LogP contribution in [-0.4, -0.2) is 40.3 Å². The summed E-state index contributed by atoms with van der Waals surface area (Å²) < 4.78 is 12.0. The summed E-state index contributed by atoms with van der Waals surface area (Å²) in [5, 5.41) is 9.21. The predicted octanol–water partition coefficient (Wildman–Crippen LogP) is 5.59. The Morgan fingerprint density at radius 3 is 2.44 bits per heavy atom. The lowest BCUT2D eigenvalue weighted by Crippen LogP contribution is -2.50. The first-order valence-electron chi connectivity index (χ1n) is 12.3. The fraction of sp³-hybridized carbons (Fsp3) is 0.429. The van der Waals surface area contributed by atoms with Crippen molar-refractivity contribution in [2.45, 2.75) is 37.8 Å². The van der Waals surface area contributed by atoms with Crippen LogP contribution in [0.2, 0.25) is 0 Å². The van der Waals surface area contributed by atoms with Gasteiger partial charge in [0.25, 0.3) is 0 Å². The highest BCUT2D eigenvalue weighted by Gasteiger charge is 2.35. The Hall–Kier alpha value is -2.54. The number of rotatable bonds is 11. The Balaban J connectivity index is 1.49. The van der Waals surface area contributed by atoms with Crippen LogP contribution in [0.1, 0.15) is 42.7 Å². The lowest BCUT2D eigenvalue weighted by atomic mass is 9.81. The molecule has 0 spiro atoms. The number of nitrogens with zero attached hydrogens (tertiary/aromatic N) is 1. The van der Waals surface area contributed by atoms with Gasteiger partial charge in [-0.25, -0.2) is 0 Å². The zero-order valence-corrected chi connectivity index (χ0v) is 21.4. The summed E-state index contributed by atoms with van der Waals surface area (Å²) in [4.78, 5) is 3.75. The highest BCUT2D eigenvalue weighted by atomic mass is 32.1. The fourth-order valence-corrected chi connectivity index (χ4v) is 5.63. The summed E-state index contributed by atoms with van der Waals surface area (Å²) in [6, 6.07) is 21.3. The van der Waals surface area contributed by atoms with E-state index < -0.39 is 0 Å². The van der Waals surface area contributed by atoms with Gasteiger partial charge in [0.15, 0.2) is 0 Å². The number of ether oxygens (including phenoxy) is 2. The van der Waals surface area contributed by atoms with Crippen molar-refractivity contribution in [3.8, 4) is 11.5 Å². The third kappa shape index (κ3) is 5.57. The molecule has 0 saturated carbocycles. The van der Waals surface area contributed by atoms with E-state index in [4.69, 9.17) is 9.47 Å². The third-order valence-corrected chi connectivity index (χ3v) is 7.87. The Morgan fingerprint density at radius 2 is 1.79 bits per heavy atom. The van der Waals surface area contributed by atoms with Crippen molar-refractivity contribution in [1.29, 1.82) is 0 Å². The van der Waals surface area contributed by atoms with Crippen LogP contribution in [0, 0.1) is 0 Å². The van der Waals surface area contributed by atoms with Crippen molar-refractivity contribution >= 4 is 17.0 Å². The molecule has 0 amide bonds. The topological polar surface area (TPSA) is 45.8 Å². The molecule has 1 atom stereocenters. The average Bonchev–Trinajstić information content (AvgIpc) is 3.44. The van der Waals surface area contributed by atoms with Crippen molar-refractivity contribution in [1.82, 2.24) is 10.6 Å². The number of piperidine rings is 1. The van der Waals surface area contributed by atoms with Crippen molar-refractivity contribution in [3.05, 3.63) is 76.5 Å². The van der Waals surface area contributed by atoms with E-state index in [-0.39, 0.29) is 11.6 Å². The summed E-state index contributed by atoms with van der Waals surface area (Å²) >= 11 is 1.77. The molecular weight excluding hydrogens is 442 g/mol. The third-order valence-electron chi connectivity index (χ3n) is 6.91. The van der Waals surface area contributed by atoms with Crippen LogP contribution in [-0.2, 0) is 5.54 Å². The maximum atomic E-state index is 6.68. The molecule has 1 aromatic heterocycles. The molecule has 182 valence electrons. The second kappa shape index (κ2) is 11.7. The van der Waals surface area contributed by atoms with Gasteiger partial charge in [-0.05, 0) is 74.3 Å². The molecule has 1 saturated heterocycles. The molecule has 1 aliphatic rings. The van der Waals surface area contributed by atoms with E-state index in [1.54, 1.807) is 18.4 Å². The zero-order valence-electron chi connectivity index (χ0n) is 20.5. The van der Waals surface area contributed by atoms with E-state index in [2.05, 4.69) is 95.5 Å². The SMILES string of the molecule is CCNCC[C@@H](Oc1ccccc1N1CCC(NC)(c2ccc(OC)cc2)CC1)c1cccs1. The standard InChI is InChI=1S/C28H37N3O2S/c1-4-30-18-15-26(27-10-7-21-34-27)33-25-9-6-5-8-24(25)31-19-16-28(29-2,17-20-31)22-11-13-23(32-3)14-12-22/h5-14,21,26,29-30H,4,15-20H2,1-3H3/t26-/m1/s1. The number of hydrogen-bond donors (Lipinski definition) is 2. The Bertz CT molecular complexity index is 999. The van der Waals surface area contributed by atoms with Crippen LogP contribution in [0.4, 0.5) is 5.69 Å². The minimum Gasteiger partial charge on any atom is -0.497 e. The molecule has 3 aromatic rings. The molecule has 2 N–H and O–H groups in total. The predicted molar refractivity (Wildman–Crippen MR) is 142 cm³/mol. The van der Waals surface area contributed by atoms with Crippen molar-refractivity contribution < 1.29 is 9.47 Å². The van der Waals surface area contributed by atoms with Gasteiger partial charge in [0, 0.05) is 29.9 Å². The van der Waals surface area contributed by atoms with Crippen molar-refractivity contribution in [2.24, 2.45) is 0 Å². The minimum atomic E-state index is -0.0239. The maximum Gasteiger partial charge on any atom is 0.143 e. The normalized spacial score (nSPS) is 16.3. The molecule has 1 fully saturated rings. The molecule has 2 aromatic carbocycles. The second-order valence-electron chi connectivity index (χ2n) is 8.78. The Kier molecular flexibility index (Phi) is 8.48. The molecule has 0 bridgehead atoms. The monoisotopic (exact) mass is 479 g/mol. The number of methoxy groups -OCH3 is 1. The molecule has 5 nitrogen and oxygen atoms in total. The minimum absolute atomic E-state index is 0.0239. The van der Waals surface area contributed by atoms with Crippen LogP contribution in [0.25, 0.3) is 0 Å². The van der Waals surface area contributed by atoms with Gasteiger partial charge in [-0.2, -0.15) is 0 Å². The largest absolute Gasteiger partial charge is 0.497 e. The molecule has 6 heteroatoms. The van der Waals surface area contributed by atoms with Crippen LogP contribution in [0.15, 0.2) is 66.0 Å². The highest BCUT2D eigenvalue weighted by molar-refractivity contribution is 7.10. The number of benzene rings is 2. The first kappa shape index (κ1) is 24.6. The van der Waals surface area contributed by atoms with Gasteiger partial charge >= 0.3 is 0 Å². The molecule has 1 aliphatic heterocycles. The van der Waals surface area contributed by atoms with Gasteiger partial charge in [0.1, 0.15) is 17.6 Å². The number of para-hydroxylation sites is 2. The Morgan fingerprint density at radius 1 is 1.03 bits per heavy atom.